The van der Waals surface area contributed by atoms with Gasteiger partial charge in [0.15, 0.2) is 0 Å². The van der Waals surface area contributed by atoms with Crippen molar-refractivity contribution in [1.29, 1.82) is 0 Å². The number of fused-ring (bicyclic) bond motifs is 6. The first kappa shape index (κ1) is 76.0. The average Bonchev–Trinajstić information content (AvgIpc) is 1.59. The zero-order valence-corrected chi connectivity index (χ0v) is 55.5. The molecular formula is C69H96ClF2N5O17. The van der Waals surface area contributed by atoms with E-state index in [1.807, 2.05) is 24.3 Å². The van der Waals surface area contributed by atoms with Gasteiger partial charge in [-0.15, -0.1) is 12.4 Å². The molecule has 520 valence electrons. The van der Waals surface area contributed by atoms with Crippen LogP contribution >= 0.6 is 12.4 Å². The quantitative estimate of drug-likeness (QED) is 0.122. The van der Waals surface area contributed by atoms with E-state index >= 15 is 0 Å². The highest BCUT2D eigenvalue weighted by atomic mass is 35.5. The van der Waals surface area contributed by atoms with Crippen LogP contribution in [0.25, 0.3) is 0 Å². The van der Waals surface area contributed by atoms with Crippen LogP contribution in [0.1, 0.15) is 156 Å². The largest absolute Gasteiger partial charge is 0.464 e. The van der Waals surface area contributed by atoms with E-state index in [9.17, 15) is 57.0 Å². The summed E-state index contributed by atoms with van der Waals surface area (Å²) in [6.07, 6.45) is 10.0. The minimum absolute atomic E-state index is 0. The molecule has 2 saturated heterocycles. The van der Waals surface area contributed by atoms with E-state index < -0.39 is 118 Å². The number of aliphatic hydroxyl groups is 1. The van der Waals surface area contributed by atoms with E-state index in [1.165, 1.54) is 26.3 Å². The van der Waals surface area contributed by atoms with E-state index in [4.69, 9.17) is 33.2 Å². The molecule has 4 fully saturated rings. The molecule has 3 aliphatic carbocycles. The molecule has 2 aromatic carbocycles. The molecule has 0 bridgehead atoms. The van der Waals surface area contributed by atoms with Gasteiger partial charge in [-0.1, -0.05) is 56.0 Å². The first-order valence-electron chi connectivity index (χ1n) is 32.3. The monoisotopic (exact) mass is 1340 g/mol. The number of rotatable bonds is 9. The van der Waals surface area contributed by atoms with Crippen molar-refractivity contribution in [1.82, 2.24) is 25.3 Å². The molecule has 22 nitrogen and oxygen atoms in total. The van der Waals surface area contributed by atoms with Crippen molar-refractivity contribution in [3.8, 4) is 0 Å². The summed E-state index contributed by atoms with van der Waals surface area (Å²) in [6.45, 7) is 15.6. The third-order valence-corrected chi connectivity index (χ3v) is 17.5. The number of hydrogen-bond donors (Lipinski definition) is 3. The van der Waals surface area contributed by atoms with Crippen molar-refractivity contribution in [3.63, 3.8) is 0 Å². The second kappa shape index (κ2) is 33.1. The topological polar surface area (TPSA) is 272 Å². The number of esters is 4. The lowest BCUT2D eigenvalue weighted by Gasteiger charge is -2.29. The van der Waals surface area contributed by atoms with Gasteiger partial charge in [0.05, 0.1) is 58.5 Å². The van der Waals surface area contributed by atoms with Gasteiger partial charge in [-0.2, -0.15) is 0 Å². The molecule has 5 amide bonds. The summed E-state index contributed by atoms with van der Waals surface area (Å²) < 4.78 is 65.9. The normalized spacial score (nSPS) is 28.1. The fourth-order valence-corrected chi connectivity index (χ4v) is 12.9. The lowest BCUT2D eigenvalue weighted by Crippen LogP contribution is -2.54. The second-order valence-electron chi connectivity index (χ2n) is 26.9. The fourth-order valence-electron chi connectivity index (χ4n) is 12.9. The second-order valence-corrected chi connectivity index (χ2v) is 26.9. The van der Waals surface area contributed by atoms with Gasteiger partial charge in [0.1, 0.15) is 52.1 Å². The van der Waals surface area contributed by atoms with Crippen molar-refractivity contribution >= 4 is 66.0 Å². The van der Waals surface area contributed by atoms with Gasteiger partial charge in [-0.05, 0) is 142 Å². The number of carbonyl (C=O) groups is 9. The summed E-state index contributed by atoms with van der Waals surface area (Å²) >= 11 is 0. The Morgan fingerprint density at radius 2 is 1.13 bits per heavy atom. The smallest absolute Gasteiger partial charge is 0.410 e. The van der Waals surface area contributed by atoms with Gasteiger partial charge in [-0.25, -0.2) is 23.2 Å². The van der Waals surface area contributed by atoms with Crippen molar-refractivity contribution in [3.05, 3.63) is 94.6 Å². The summed E-state index contributed by atoms with van der Waals surface area (Å²) in [6, 6.07) is 7.98. The first-order valence-corrected chi connectivity index (χ1v) is 32.3. The molecule has 10 atom stereocenters. The molecule has 2 saturated carbocycles. The Kier molecular flexibility index (Phi) is 26.8. The minimum Gasteiger partial charge on any atom is -0.464 e. The van der Waals surface area contributed by atoms with Crippen molar-refractivity contribution in [2.75, 3.05) is 52.7 Å². The average molecular weight is 1340 g/mol. The van der Waals surface area contributed by atoms with Gasteiger partial charge >= 0.3 is 30.0 Å². The lowest BCUT2D eigenvalue weighted by atomic mass is 9.97. The number of carbonyl (C=O) groups excluding carboxylic acids is 9. The molecule has 0 aromatic heterocycles. The van der Waals surface area contributed by atoms with E-state index in [-0.39, 0.29) is 109 Å². The summed E-state index contributed by atoms with van der Waals surface area (Å²) in [5.74, 6) is -6.64. The third-order valence-electron chi connectivity index (χ3n) is 17.5. The molecule has 25 heteroatoms. The predicted octanol–water partition coefficient (Wildman–Crippen LogP) is 7.87. The number of amides is 5. The van der Waals surface area contributed by atoms with E-state index in [1.54, 1.807) is 85.7 Å². The number of nitrogens with one attached hydrogen (secondary N) is 2. The number of aliphatic hydroxyl groups excluding tert-OH is 1. The van der Waals surface area contributed by atoms with E-state index in [2.05, 4.69) is 10.6 Å². The number of nitrogens with zero attached hydrogens (tertiary/aromatic N) is 3. The SMILES string of the molecule is C.CCOC(=O)[C@@]12C[C@H]1/C=C\COCCC[C@H](CC(=O)OC(C)(C)C)C(=O)N1C[C@H](O)C[C@H]1C(=O)N2.CCOC(=O)[C@@]12C[C@H]1/C=C\COCCC[C@H](CC(=O)OC(C)(C)C)C(=O)N1C[C@H](OC(=O)N3Cc4cccc(F)c4C3)C[C@H]1C(=O)N2.Cl.Fc1cccc2c1CCC2. The molecule has 5 aliphatic heterocycles. The van der Waals surface area contributed by atoms with Gasteiger partial charge in [-0.3, -0.25) is 33.7 Å². The Bertz CT molecular complexity index is 3120. The number of benzene rings is 2. The molecule has 2 aromatic rings. The number of aryl methyl sites for hydroxylation is 1. The summed E-state index contributed by atoms with van der Waals surface area (Å²) in [5, 5.41) is 16.0. The van der Waals surface area contributed by atoms with Crippen LogP contribution in [-0.4, -0.2) is 173 Å². The van der Waals surface area contributed by atoms with Gasteiger partial charge < -0.3 is 58.7 Å². The van der Waals surface area contributed by atoms with Crippen LogP contribution in [0, 0.1) is 35.3 Å². The maximum atomic E-state index is 14.3. The summed E-state index contributed by atoms with van der Waals surface area (Å²) in [5.41, 5.74) is -0.681. The van der Waals surface area contributed by atoms with Crippen LogP contribution in [0.15, 0.2) is 60.7 Å². The Balaban J connectivity index is 0.000000261. The molecule has 10 rings (SSSR count). The Hall–Kier alpha value is -7.02. The highest BCUT2D eigenvalue weighted by Crippen LogP contribution is 2.47. The highest BCUT2D eigenvalue weighted by Gasteiger charge is 2.63. The third kappa shape index (κ3) is 19.6. The Morgan fingerprint density at radius 3 is 1.61 bits per heavy atom. The van der Waals surface area contributed by atoms with E-state index in [0.29, 0.717) is 69.5 Å². The van der Waals surface area contributed by atoms with E-state index in [0.717, 1.165) is 24.8 Å². The van der Waals surface area contributed by atoms with Crippen LogP contribution < -0.4 is 10.6 Å². The molecule has 0 unspecified atom stereocenters. The summed E-state index contributed by atoms with van der Waals surface area (Å²) in [4.78, 5) is 124. The molecule has 0 radical (unpaired) electrons. The van der Waals surface area contributed by atoms with Gasteiger partial charge in [0, 0.05) is 68.4 Å². The lowest BCUT2D eigenvalue weighted by molar-refractivity contribution is -0.159. The molecular weight excluding hydrogens is 1240 g/mol. The van der Waals surface area contributed by atoms with Crippen LogP contribution in [0.3, 0.4) is 0 Å². The summed E-state index contributed by atoms with van der Waals surface area (Å²) in [7, 11) is 0. The first-order chi connectivity index (χ1) is 43.6. The maximum absolute atomic E-state index is 14.3. The standard InChI is InChI=1S/C34H44FN3O9.C25H38N2O8.C9H9F.CH4.ClH/c1-5-45-31(42)34-17-23(34)11-8-14-44-13-7-10-21(15-28(39)47-33(2,3)4)30(41)38-19-24(16-27(38)29(40)36-34)46-32(43)37-18-22-9-6-12-26(35)25(22)20-37;1-5-34-23(32)25-14-17(25)9-7-11-33-10-6-8-16(12-20(29)35-24(2,3)4)22(31)27-15-18(28)13-19(27)21(30)26-25;10-9-6-2-4-7-3-1-5-8(7)9;;/h6,8-9,11-12,21,23-24,27H,5,7,10,13-20H2,1-4H3,(H,36,40);7,9,16-19,28H,5-6,8,10-15H2,1-4H3,(H,26,30);2,4,6H,1,3,5H2;1H4;1H/b11-8-;9-7-;;;/t21-,23-,24-,27+,34-;16-,17-,18-,19+,25-;;;/m11.../s1. The van der Waals surface area contributed by atoms with Crippen LogP contribution in [-0.2, 0) is 97.4 Å². The predicted molar refractivity (Wildman–Crippen MR) is 342 cm³/mol. The van der Waals surface area contributed by atoms with Crippen LogP contribution in [0.5, 0.6) is 0 Å². The van der Waals surface area contributed by atoms with Crippen molar-refractivity contribution in [2.24, 2.45) is 23.7 Å². The fraction of sp³-hybridized carbons (Fsp3) is 0.638. The number of halogens is 3. The highest BCUT2D eigenvalue weighted by molar-refractivity contribution is 5.97. The van der Waals surface area contributed by atoms with Gasteiger partial charge in [0.2, 0.25) is 23.6 Å². The van der Waals surface area contributed by atoms with Crippen molar-refractivity contribution < 1.29 is 90.2 Å². The van der Waals surface area contributed by atoms with Crippen LogP contribution in [0.4, 0.5) is 13.6 Å². The maximum Gasteiger partial charge on any atom is 0.410 e. The molecule has 3 N–H and O–H groups in total. The zero-order chi connectivity index (χ0) is 66.7. The van der Waals surface area contributed by atoms with Crippen LogP contribution in [0.2, 0.25) is 0 Å². The Labute approximate surface area is 556 Å². The van der Waals surface area contributed by atoms with Gasteiger partial charge in [0.25, 0.3) is 0 Å². The number of ether oxygens (including phenoxy) is 7. The minimum atomic E-state index is -1.30. The molecule has 0 spiro atoms. The number of hydrogen-bond acceptors (Lipinski definition) is 17. The molecule has 8 aliphatic rings. The van der Waals surface area contributed by atoms with Crippen molar-refractivity contribution in [2.45, 2.75) is 206 Å². The Morgan fingerprint density at radius 1 is 0.649 bits per heavy atom. The zero-order valence-electron chi connectivity index (χ0n) is 54.6. The molecule has 94 heavy (non-hydrogen) atoms. The molecule has 5 heterocycles.